The van der Waals surface area contributed by atoms with Gasteiger partial charge in [-0.1, -0.05) is 11.8 Å². The first-order valence-corrected chi connectivity index (χ1v) is 13.4. The summed E-state index contributed by atoms with van der Waals surface area (Å²) < 4.78 is 84.5. The van der Waals surface area contributed by atoms with Crippen LogP contribution in [0.15, 0.2) is 31.6 Å². The fourth-order valence-electron chi connectivity index (χ4n) is 3.76. The van der Waals surface area contributed by atoms with Crippen molar-refractivity contribution in [2.24, 2.45) is 5.73 Å². The van der Waals surface area contributed by atoms with Gasteiger partial charge in [-0.2, -0.15) is 26.3 Å². The number of thioether (sulfide) groups is 1. The molecule has 1 fully saturated rings. The number of carbonyl (C=O) groups is 2. The Morgan fingerprint density at radius 2 is 1.68 bits per heavy atom. The molecule has 4 rings (SSSR count). The van der Waals surface area contributed by atoms with Gasteiger partial charge in [0.1, 0.15) is 25.9 Å². The smallest absolute Gasteiger partial charge is 0.475 e. The number of nitrogens with two attached hydrogens (primary N) is 1. The summed E-state index contributed by atoms with van der Waals surface area (Å²) >= 11 is 1.13. The molecule has 0 unspecified atom stereocenters. The lowest BCUT2D eigenvalue weighted by molar-refractivity contribution is -0.192. The molecule has 0 aliphatic carbocycles. The number of nitrogens with zero attached hydrogens (tertiary/aromatic N) is 6. The molecule has 3 N–H and O–H groups in total. The van der Waals surface area contributed by atoms with Crippen molar-refractivity contribution in [3.05, 3.63) is 39.2 Å². The van der Waals surface area contributed by atoms with E-state index in [-0.39, 0.29) is 56.0 Å². The van der Waals surface area contributed by atoms with Crippen LogP contribution in [0.3, 0.4) is 0 Å². The molecule has 1 aliphatic heterocycles. The van der Waals surface area contributed by atoms with Gasteiger partial charge in [-0.05, 0) is 13.8 Å². The topological polar surface area (TPSA) is 181 Å². The van der Waals surface area contributed by atoms with Gasteiger partial charge in [0.25, 0.3) is 5.56 Å². The van der Waals surface area contributed by atoms with Gasteiger partial charge in [0.15, 0.2) is 16.3 Å². The van der Waals surface area contributed by atoms with Crippen LogP contribution >= 0.6 is 11.8 Å². The van der Waals surface area contributed by atoms with Gasteiger partial charge >= 0.3 is 24.0 Å². The van der Waals surface area contributed by atoms with E-state index in [9.17, 15) is 40.7 Å². The second-order valence-corrected chi connectivity index (χ2v) is 11.5. The predicted octanol–water partition coefficient (Wildman–Crippen LogP) is 1.28. The van der Waals surface area contributed by atoms with Crippen LogP contribution in [0.1, 0.15) is 19.7 Å². The van der Waals surface area contributed by atoms with Crippen LogP contribution in [-0.4, -0.2) is 95.5 Å². The second kappa shape index (κ2) is 13.4. The number of hydrogen-bond acceptors (Lipinski definition) is 10. The molecular formula is C23H27F6N7O7S. The third-order valence-corrected chi connectivity index (χ3v) is 7.17. The minimum atomic E-state index is -5.08. The van der Waals surface area contributed by atoms with Gasteiger partial charge in [0.2, 0.25) is 11.8 Å². The van der Waals surface area contributed by atoms with E-state index in [0.717, 1.165) is 11.8 Å². The quantitative estimate of drug-likeness (QED) is 0.263. The van der Waals surface area contributed by atoms with Crippen molar-refractivity contribution in [3.63, 3.8) is 0 Å². The lowest BCUT2D eigenvalue weighted by Crippen LogP contribution is -2.48. The van der Waals surface area contributed by atoms with Crippen molar-refractivity contribution in [3.8, 4) is 0 Å². The fourth-order valence-corrected chi connectivity index (χ4v) is 4.74. The zero-order valence-electron chi connectivity index (χ0n) is 23.1. The van der Waals surface area contributed by atoms with Gasteiger partial charge in [-0.3, -0.25) is 14.2 Å². The van der Waals surface area contributed by atoms with E-state index in [1.807, 2.05) is 0 Å². The van der Waals surface area contributed by atoms with E-state index in [4.69, 9.17) is 24.8 Å². The minimum Gasteiger partial charge on any atom is -0.475 e. The molecule has 1 amide bonds. The highest BCUT2D eigenvalue weighted by Crippen LogP contribution is 2.33. The summed E-state index contributed by atoms with van der Waals surface area (Å²) in [5.41, 5.74) is 2.87. The largest absolute Gasteiger partial charge is 0.490 e. The molecule has 244 valence electrons. The van der Waals surface area contributed by atoms with Gasteiger partial charge in [0.05, 0.1) is 19.4 Å². The number of hydrogen-bond donors (Lipinski definition) is 2. The molecule has 3 aromatic heterocycles. The molecule has 1 saturated heterocycles. The average Bonchev–Trinajstić information content (AvgIpc) is 3.57. The van der Waals surface area contributed by atoms with Crippen LogP contribution in [0.25, 0.3) is 11.2 Å². The number of carbonyl (C=O) groups excluding carboxylic acids is 1. The Labute approximate surface area is 247 Å². The first-order chi connectivity index (χ1) is 20.3. The number of alkyl halides is 6. The molecule has 4 heterocycles. The first-order valence-electron chi connectivity index (χ1n) is 12.6. The summed E-state index contributed by atoms with van der Waals surface area (Å²) in [6.07, 6.45) is -7.20. The number of rotatable bonds is 8. The van der Waals surface area contributed by atoms with Gasteiger partial charge in [0, 0.05) is 24.4 Å². The summed E-state index contributed by atoms with van der Waals surface area (Å²) in [6.45, 7) is 2.24. The van der Waals surface area contributed by atoms with E-state index in [1.165, 1.54) is 21.9 Å². The summed E-state index contributed by atoms with van der Waals surface area (Å²) in [4.78, 5) is 58.3. The minimum absolute atomic E-state index is 0.147. The Kier molecular flexibility index (Phi) is 10.6. The first kappa shape index (κ1) is 34.6. The highest BCUT2D eigenvalue weighted by Gasteiger charge is 2.38. The van der Waals surface area contributed by atoms with Gasteiger partial charge in [-0.15, -0.1) is 0 Å². The highest BCUT2D eigenvalue weighted by atomic mass is 32.2. The predicted molar refractivity (Wildman–Crippen MR) is 140 cm³/mol. The van der Waals surface area contributed by atoms with Crippen LogP contribution in [0, 0.1) is 0 Å². The van der Waals surface area contributed by atoms with Crippen molar-refractivity contribution in [1.29, 1.82) is 0 Å². The van der Waals surface area contributed by atoms with Gasteiger partial charge < -0.3 is 29.5 Å². The van der Waals surface area contributed by atoms with Crippen LogP contribution < -0.4 is 17.0 Å². The number of carboxylic acids is 1. The maximum Gasteiger partial charge on any atom is 0.490 e. The van der Waals surface area contributed by atoms with E-state index in [0.29, 0.717) is 9.13 Å². The lowest BCUT2D eigenvalue weighted by atomic mass is 10.2. The lowest BCUT2D eigenvalue weighted by Gasteiger charge is -2.27. The summed E-state index contributed by atoms with van der Waals surface area (Å²) in [5.74, 6) is -3.18. The molecule has 0 saturated carbocycles. The number of aliphatic carboxylic acids is 1. The van der Waals surface area contributed by atoms with Crippen LogP contribution in [-0.2, 0) is 34.0 Å². The molecule has 0 atom stereocenters. The summed E-state index contributed by atoms with van der Waals surface area (Å²) in [6, 6.07) is 0. The maximum atomic E-state index is 13.6. The summed E-state index contributed by atoms with van der Waals surface area (Å²) in [5, 5.41) is 7.27. The Balaban J connectivity index is 0.000000676. The zero-order valence-corrected chi connectivity index (χ0v) is 24.0. The van der Waals surface area contributed by atoms with E-state index < -0.39 is 59.0 Å². The van der Waals surface area contributed by atoms with Gasteiger partial charge in [-0.25, -0.2) is 24.1 Å². The molecule has 14 nitrogen and oxygen atoms in total. The number of aromatic nitrogens is 5. The van der Waals surface area contributed by atoms with Crippen LogP contribution in [0.5, 0.6) is 0 Å². The number of imidazole rings is 1. The Bertz CT molecular complexity index is 1590. The number of carboxylic acid groups (broad SMARTS) is 1. The van der Waals surface area contributed by atoms with Crippen molar-refractivity contribution in [2.45, 2.75) is 55.7 Å². The molecule has 0 aromatic carbocycles. The van der Waals surface area contributed by atoms with Crippen molar-refractivity contribution >= 4 is 34.8 Å². The molecule has 44 heavy (non-hydrogen) atoms. The van der Waals surface area contributed by atoms with Crippen molar-refractivity contribution in [2.75, 3.05) is 32.8 Å². The van der Waals surface area contributed by atoms with Crippen molar-refractivity contribution < 1.29 is 50.2 Å². The number of ether oxygens (including phenoxy) is 1. The Hall–Kier alpha value is -3.85. The number of fused-ring (bicyclic) bond motifs is 1. The maximum absolute atomic E-state index is 13.6. The molecule has 3 aromatic rings. The normalized spacial score (nSPS) is 14.4. The third kappa shape index (κ3) is 8.62. The number of oxazole rings is 1. The molecular weight excluding hydrogens is 632 g/mol. The SMILES string of the molecule is CC(C)(CN)Sc1nc2c(c(=O)n(CC(=O)N3CCOCC3)c(=O)n2CC(F)(F)F)n1Cc1ncco1.O=C(O)C(F)(F)F. The Morgan fingerprint density at radius 1 is 1.07 bits per heavy atom. The van der Waals surface area contributed by atoms with Crippen molar-refractivity contribution in [1.82, 2.24) is 28.6 Å². The van der Waals surface area contributed by atoms with Crippen LogP contribution in [0.4, 0.5) is 26.3 Å². The molecule has 21 heteroatoms. The third-order valence-electron chi connectivity index (χ3n) is 5.95. The van der Waals surface area contributed by atoms with E-state index in [2.05, 4.69) is 9.97 Å². The fraction of sp³-hybridized carbons (Fsp3) is 0.565. The number of morpholine rings is 1. The summed E-state index contributed by atoms with van der Waals surface area (Å²) in [7, 11) is 0. The second-order valence-electron chi connectivity index (χ2n) is 9.82. The number of amides is 1. The molecule has 0 spiro atoms. The molecule has 0 bridgehead atoms. The standard InChI is InChI=1S/C21H26F3N7O5S.C2HF3O2/c1-20(2,11-25)37-18-27-16-15(29(18)9-13-26-3-6-36-13)17(33)30(19(34)31(16)12-21(22,23)24)10-14(32)28-4-7-35-8-5-28;3-2(4,5)1(6)7/h3,6H,4-5,7-12,25H2,1-2H3;(H,6,7). The Morgan fingerprint density at radius 3 is 2.18 bits per heavy atom. The highest BCUT2D eigenvalue weighted by molar-refractivity contribution is 8.00. The molecule has 0 radical (unpaired) electrons. The zero-order chi connectivity index (χ0) is 33.0. The monoisotopic (exact) mass is 659 g/mol. The number of halogens is 6. The van der Waals surface area contributed by atoms with E-state index in [1.54, 1.807) is 13.8 Å². The molecule has 1 aliphatic rings. The van der Waals surface area contributed by atoms with Crippen LogP contribution in [0.2, 0.25) is 0 Å². The average molecular weight is 660 g/mol. The van der Waals surface area contributed by atoms with E-state index >= 15 is 0 Å².